The first-order valence-corrected chi connectivity index (χ1v) is 9.88. The maximum Gasteiger partial charge on any atom is 0.308 e. The summed E-state index contributed by atoms with van der Waals surface area (Å²) in [5.74, 6) is 4.20. The fourth-order valence-corrected chi connectivity index (χ4v) is 7.40. The van der Waals surface area contributed by atoms with Gasteiger partial charge in [-0.25, -0.2) is 0 Å². The number of cyclic esters (lactones) is 1. The predicted octanol–water partition coefficient (Wildman–Crippen LogP) is 3.19. The Kier molecular flexibility index (Phi) is 3.16. The van der Waals surface area contributed by atoms with Crippen molar-refractivity contribution in [2.24, 2.45) is 46.8 Å². The van der Waals surface area contributed by atoms with Crippen molar-refractivity contribution < 1.29 is 19.1 Å². The molecule has 4 nitrogen and oxygen atoms in total. The molecule has 9 atom stereocenters. The number of hydrogen-bond donors (Lipinski definition) is 0. The van der Waals surface area contributed by atoms with E-state index in [-0.39, 0.29) is 29.4 Å². The quantitative estimate of drug-likeness (QED) is 0.588. The molecule has 0 amide bonds. The highest BCUT2D eigenvalue weighted by Gasteiger charge is 2.70. The molecule has 5 aliphatic rings. The molecule has 4 saturated carbocycles. The van der Waals surface area contributed by atoms with E-state index < -0.39 is 0 Å². The molecule has 0 N–H and O–H groups in total. The van der Waals surface area contributed by atoms with Crippen molar-refractivity contribution in [2.45, 2.75) is 58.5 Å². The zero-order valence-electron chi connectivity index (χ0n) is 14.7. The summed E-state index contributed by atoms with van der Waals surface area (Å²) >= 11 is 0. The van der Waals surface area contributed by atoms with E-state index in [4.69, 9.17) is 9.47 Å². The Morgan fingerprint density at radius 1 is 1.29 bits per heavy atom. The fourth-order valence-electron chi connectivity index (χ4n) is 7.40. The van der Waals surface area contributed by atoms with Crippen molar-refractivity contribution in [3.05, 3.63) is 0 Å². The molecule has 0 aromatic carbocycles. The summed E-state index contributed by atoms with van der Waals surface area (Å²) in [7, 11) is 0. The summed E-state index contributed by atoms with van der Waals surface area (Å²) in [6.07, 6.45) is 6.42. The number of ether oxygens (including phenoxy) is 2. The van der Waals surface area contributed by atoms with Crippen LogP contribution in [0, 0.1) is 46.8 Å². The van der Waals surface area contributed by atoms with Crippen LogP contribution in [-0.4, -0.2) is 24.6 Å². The summed E-state index contributed by atoms with van der Waals surface area (Å²) in [5, 5.41) is 0. The van der Waals surface area contributed by atoms with Crippen LogP contribution < -0.4 is 0 Å². The molecule has 1 heterocycles. The molecule has 4 heteroatoms. The van der Waals surface area contributed by atoms with Gasteiger partial charge in [-0.1, -0.05) is 13.8 Å². The molecular formula is C20H28O4. The summed E-state index contributed by atoms with van der Waals surface area (Å²) in [4.78, 5) is 24.0. The second kappa shape index (κ2) is 4.98. The van der Waals surface area contributed by atoms with Crippen LogP contribution in [0.4, 0.5) is 0 Å². The van der Waals surface area contributed by atoms with Crippen LogP contribution in [0.3, 0.4) is 0 Å². The number of carbonyl (C=O) groups excluding carboxylic acids is 2. The van der Waals surface area contributed by atoms with E-state index in [9.17, 15) is 9.59 Å². The van der Waals surface area contributed by atoms with Crippen LogP contribution in [0.1, 0.15) is 52.4 Å². The maximum atomic E-state index is 12.3. The van der Waals surface area contributed by atoms with Gasteiger partial charge in [0.1, 0.15) is 6.10 Å². The first-order chi connectivity index (χ1) is 11.5. The molecule has 4 bridgehead atoms. The highest BCUT2D eigenvalue weighted by molar-refractivity contribution is 5.73. The fraction of sp³-hybridized carbons (Fsp3) is 0.900. The smallest absolute Gasteiger partial charge is 0.308 e. The van der Waals surface area contributed by atoms with Gasteiger partial charge in [-0.15, -0.1) is 0 Å². The molecule has 24 heavy (non-hydrogen) atoms. The van der Waals surface area contributed by atoms with E-state index in [1.54, 1.807) is 0 Å². The lowest BCUT2D eigenvalue weighted by molar-refractivity contribution is -0.159. The van der Waals surface area contributed by atoms with E-state index in [0.717, 1.165) is 30.6 Å². The first kappa shape index (κ1) is 15.2. The molecular weight excluding hydrogens is 304 g/mol. The number of rotatable bonds is 3. The normalized spacial score (nSPS) is 51.9. The van der Waals surface area contributed by atoms with Crippen molar-refractivity contribution in [3.63, 3.8) is 0 Å². The van der Waals surface area contributed by atoms with Crippen molar-refractivity contribution in [1.82, 2.24) is 0 Å². The number of hydrogen-bond acceptors (Lipinski definition) is 4. The summed E-state index contributed by atoms with van der Waals surface area (Å²) in [6.45, 7) is 4.65. The van der Waals surface area contributed by atoms with Gasteiger partial charge in [0.2, 0.25) is 0 Å². The van der Waals surface area contributed by atoms with Crippen molar-refractivity contribution >= 4 is 11.9 Å². The largest absolute Gasteiger partial charge is 0.465 e. The molecule has 1 spiro atoms. The Bertz CT molecular complexity index is 586. The average Bonchev–Trinajstić information content (AvgIpc) is 3.32. The van der Waals surface area contributed by atoms with Crippen LogP contribution in [0.2, 0.25) is 0 Å². The number of fused-ring (bicyclic) bond motifs is 10. The van der Waals surface area contributed by atoms with E-state index >= 15 is 0 Å². The molecule has 0 radical (unpaired) electrons. The van der Waals surface area contributed by atoms with Gasteiger partial charge in [-0.3, -0.25) is 9.59 Å². The lowest BCUT2D eigenvalue weighted by Gasteiger charge is -2.45. The Hall–Kier alpha value is -1.06. The maximum absolute atomic E-state index is 12.3. The van der Waals surface area contributed by atoms with Gasteiger partial charge in [0.25, 0.3) is 0 Å². The van der Waals surface area contributed by atoms with Crippen LogP contribution in [0.15, 0.2) is 0 Å². The molecule has 132 valence electrons. The third-order valence-corrected chi connectivity index (χ3v) is 8.39. The van der Waals surface area contributed by atoms with Gasteiger partial charge in [-0.2, -0.15) is 0 Å². The highest BCUT2D eigenvalue weighted by Crippen LogP contribution is 2.73. The van der Waals surface area contributed by atoms with Crippen LogP contribution >= 0.6 is 0 Å². The summed E-state index contributed by atoms with van der Waals surface area (Å²) in [6, 6.07) is 0. The van der Waals surface area contributed by atoms with Crippen LogP contribution in [-0.2, 0) is 19.1 Å². The van der Waals surface area contributed by atoms with Gasteiger partial charge < -0.3 is 9.47 Å². The van der Waals surface area contributed by atoms with Crippen molar-refractivity contribution in [1.29, 1.82) is 0 Å². The molecule has 4 aliphatic carbocycles. The van der Waals surface area contributed by atoms with E-state index in [2.05, 4.69) is 0 Å². The SMILES string of the molecule is CCC(C)C(=O)OC1CC2CC1C1C2C2CC1C1(COC(=O)C1)C2. The average molecular weight is 332 g/mol. The van der Waals surface area contributed by atoms with E-state index in [0.29, 0.717) is 30.8 Å². The zero-order chi connectivity index (χ0) is 16.6. The van der Waals surface area contributed by atoms with Gasteiger partial charge in [-0.05, 0) is 67.6 Å². The molecule has 1 saturated heterocycles. The molecule has 0 aromatic heterocycles. The second-order valence-electron chi connectivity index (χ2n) is 9.34. The van der Waals surface area contributed by atoms with Gasteiger partial charge in [0, 0.05) is 5.41 Å². The minimum atomic E-state index is -0.0103. The summed E-state index contributed by atoms with van der Waals surface area (Å²) in [5.41, 5.74) is 0.124. The minimum absolute atomic E-state index is 0.00186. The van der Waals surface area contributed by atoms with Crippen LogP contribution in [0.5, 0.6) is 0 Å². The Labute approximate surface area is 143 Å². The molecule has 5 rings (SSSR count). The first-order valence-electron chi connectivity index (χ1n) is 9.88. The highest BCUT2D eigenvalue weighted by atomic mass is 16.5. The zero-order valence-corrected chi connectivity index (χ0v) is 14.7. The van der Waals surface area contributed by atoms with Gasteiger partial charge >= 0.3 is 11.9 Å². The Morgan fingerprint density at radius 2 is 2.12 bits per heavy atom. The molecule has 9 unspecified atom stereocenters. The van der Waals surface area contributed by atoms with E-state index in [1.165, 1.54) is 19.3 Å². The van der Waals surface area contributed by atoms with E-state index in [1.807, 2.05) is 13.8 Å². The summed E-state index contributed by atoms with van der Waals surface area (Å²) < 4.78 is 11.3. The van der Waals surface area contributed by atoms with Crippen molar-refractivity contribution in [3.8, 4) is 0 Å². The standard InChI is InChI=1S/C20H28O4/c1-3-10(2)19(22)24-15-6-11-4-13(15)18-14-5-12(17(11)18)7-20(14)8-16(21)23-9-20/h10-15,17-18H,3-9H2,1-2H3. The predicted molar refractivity (Wildman–Crippen MR) is 86.8 cm³/mol. The Balaban J connectivity index is 1.36. The molecule has 0 aromatic rings. The topological polar surface area (TPSA) is 52.6 Å². The third-order valence-electron chi connectivity index (χ3n) is 8.39. The minimum Gasteiger partial charge on any atom is -0.465 e. The number of esters is 2. The molecule has 5 fully saturated rings. The lowest BCUT2D eigenvalue weighted by Crippen LogP contribution is -2.44. The van der Waals surface area contributed by atoms with Crippen LogP contribution in [0.25, 0.3) is 0 Å². The van der Waals surface area contributed by atoms with Gasteiger partial charge in [0.15, 0.2) is 0 Å². The van der Waals surface area contributed by atoms with Gasteiger partial charge in [0.05, 0.1) is 18.9 Å². The third kappa shape index (κ3) is 1.86. The Morgan fingerprint density at radius 3 is 2.83 bits per heavy atom. The van der Waals surface area contributed by atoms with Crippen molar-refractivity contribution in [2.75, 3.05) is 6.61 Å². The monoisotopic (exact) mass is 332 g/mol. The lowest BCUT2D eigenvalue weighted by atomic mass is 9.60. The molecule has 1 aliphatic heterocycles. The second-order valence-corrected chi connectivity index (χ2v) is 9.34. The number of carbonyl (C=O) groups is 2.